The lowest BCUT2D eigenvalue weighted by Gasteiger charge is -2.35. The zero-order valence-electron chi connectivity index (χ0n) is 13.4. The lowest BCUT2D eigenvalue weighted by molar-refractivity contribution is 0.0696. The van der Waals surface area contributed by atoms with Crippen molar-refractivity contribution in [2.75, 3.05) is 0 Å². The van der Waals surface area contributed by atoms with Crippen molar-refractivity contribution in [1.29, 1.82) is 0 Å². The van der Waals surface area contributed by atoms with Gasteiger partial charge in [-0.2, -0.15) is 5.10 Å². The first-order valence-corrected chi connectivity index (χ1v) is 10.4. The molecule has 118 valence electrons. The molecule has 0 amide bonds. The van der Waals surface area contributed by atoms with Gasteiger partial charge in [-0.3, -0.25) is 0 Å². The number of aromatic nitrogens is 3. The van der Waals surface area contributed by atoms with E-state index in [4.69, 9.17) is 16.7 Å². The van der Waals surface area contributed by atoms with Crippen molar-refractivity contribution in [2.24, 2.45) is 0 Å². The van der Waals surface area contributed by atoms with Crippen LogP contribution in [0, 0.1) is 0 Å². The number of hydrogen-bond donors (Lipinski definition) is 1. The monoisotopic (exact) mass is 337 g/mol. The van der Waals surface area contributed by atoms with Gasteiger partial charge in [0.1, 0.15) is 13.2 Å². The Labute approximate surface area is 136 Å². The molecule has 0 spiro atoms. The van der Waals surface area contributed by atoms with Crippen LogP contribution in [0.4, 0.5) is 0 Å². The minimum atomic E-state index is -1.72. The number of carboxylic acid groups (broad SMARTS) is 1. The normalized spacial score (nSPS) is 12.5. The van der Waals surface area contributed by atoms with E-state index in [0.717, 1.165) is 5.32 Å². The summed E-state index contributed by atoms with van der Waals surface area (Å²) in [5.74, 6) is -0.577. The van der Waals surface area contributed by atoms with Gasteiger partial charge in [0.25, 0.3) is 0 Å². The van der Waals surface area contributed by atoms with Crippen LogP contribution in [0.25, 0.3) is 5.82 Å². The van der Waals surface area contributed by atoms with Gasteiger partial charge < -0.3 is 5.11 Å². The average Bonchev–Trinajstić information content (AvgIpc) is 2.86. The SMILES string of the molecule is CC(C)(C)[Si](C)(C)c1ccn(-c2ccc(C(=O)O)c(Cl)n2)n1. The molecule has 7 heteroatoms. The summed E-state index contributed by atoms with van der Waals surface area (Å²) in [5.41, 5.74) is -0.0119. The maximum Gasteiger partial charge on any atom is 0.338 e. The minimum Gasteiger partial charge on any atom is -0.478 e. The predicted octanol–water partition coefficient (Wildman–Crippen LogP) is 3.33. The third-order valence-corrected chi connectivity index (χ3v) is 9.99. The molecule has 2 aromatic heterocycles. The zero-order chi connectivity index (χ0) is 16.7. The van der Waals surface area contributed by atoms with Crippen LogP contribution in [0.1, 0.15) is 31.1 Å². The van der Waals surface area contributed by atoms with Gasteiger partial charge in [0, 0.05) is 11.5 Å². The van der Waals surface area contributed by atoms with Gasteiger partial charge in [-0.05, 0) is 23.2 Å². The molecule has 0 radical (unpaired) electrons. The second kappa shape index (κ2) is 5.51. The highest BCUT2D eigenvalue weighted by atomic mass is 35.5. The van der Waals surface area contributed by atoms with Crippen molar-refractivity contribution >= 4 is 31.0 Å². The molecular weight excluding hydrogens is 318 g/mol. The van der Waals surface area contributed by atoms with Crippen molar-refractivity contribution in [3.8, 4) is 5.82 Å². The molecule has 0 fully saturated rings. The van der Waals surface area contributed by atoms with E-state index >= 15 is 0 Å². The second-order valence-corrected chi connectivity index (χ2v) is 12.5. The summed E-state index contributed by atoms with van der Waals surface area (Å²) in [5, 5.41) is 14.9. The molecule has 0 aliphatic heterocycles. The van der Waals surface area contributed by atoms with Crippen molar-refractivity contribution in [2.45, 2.75) is 38.9 Å². The molecule has 1 N–H and O–H groups in total. The van der Waals surface area contributed by atoms with E-state index in [0.29, 0.717) is 5.82 Å². The van der Waals surface area contributed by atoms with Gasteiger partial charge in [0.05, 0.1) is 5.56 Å². The standard InChI is InChI=1S/C15H20ClN3O2Si/c1-15(2,3)22(4,5)12-8-9-19(18-12)11-7-6-10(14(20)21)13(16)17-11/h6-9H,1-5H3,(H,20,21). The average molecular weight is 338 g/mol. The lowest BCUT2D eigenvalue weighted by Crippen LogP contribution is -2.50. The summed E-state index contributed by atoms with van der Waals surface area (Å²) < 4.78 is 1.65. The fraction of sp³-hybridized carbons (Fsp3) is 0.400. The molecule has 0 aromatic carbocycles. The summed E-state index contributed by atoms with van der Waals surface area (Å²) >= 11 is 5.92. The van der Waals surface area contributed by atoms with Crippen LogP contribution in [0.15, 0.2) is 24.4 Å². The highest BCUT2D eigenvalue weighted by Gasteiger charge is 2.39. The molecule has 2 rings (SSSR count). The van der Waals surface area contributed by atoms with E-state index in [1.165, 1.54) is 6.07 Å². The number of pyridine rings is 1. The number of hydrogen-bond acceptors (Lipinski definition) is 3. The number of halogens is 1. The molecule has 0 bridgehead atoms. The van der Waals surface area contributed by atoms with Crippen LogP contribution in [0.2, 0.25) is 23.3 Å². The Kier molecular flexibility index (Phi) is 4.19. The van der Waals surface area contributed by atoms with Crippen LogP contribution in [-0.4, -0.2) is 33.9 Å². The van der Waals surface area contributed by atoms with E-state index in [2.05, 4.69) is 43.9 Å². The molecule has 0 aliphatic rings. The molecular formula is C15H20ClN3O2Si. The van der Waals surface area contributed by atoms with Gasteiger partial charge in [0.2, 0.25) is 0 Å². The maximum atomic E-state index is 11.0. The number of carbonyl (C=O) groups is 1. The molecule has 0 atom stereocenters. The zero-order valence-corrected chi connectivity index (χ0v) is 15.1. The Morgan fingerprint density at radius 2 is 1.91 bits per heavy atom. The Balaban J connectivity index is 2.41. The number of carboxylic acids is 1. The molecule has 0 saturated carbocycles. The lowest BCUT2D eigenvalue weighted by atomic mass is 10.2. The Morgan fingerprint density at radius 1 is 1.27 bits per heavy atom. The van der Waals surface area contributed by atoms with Crippen molar-refractivity contribution in [3.05, 3.63) is 35.1 Å². The van der Waals surface area contributed by atoms with E-state index < -0.39 is 14.0 Å². The first-order valence-electron chi connectivity index (χ1n) is 7.00. The quantitative estimate of drug-likeness (QED) is 0.689. The maximum absolute atomic E-state index is 11.0. The van der Waals surface area contributed by atoms with Crippen LogP contribution in [0.3, 0.4) is 0 Å². The summed E-state index contributed by atoms with van der Waals surface area (Å²) in [7, 11) is -1.72. The third-order valence-electron chi connectivity index (χ3n) is 4.40. The van der Waals surface area contributed by atoms with Gasteiger partial charge in [-0.15, -0.1) is 0 Å². The van der Waals surface area contributed by atoms with E-state index in [-0.39, 0.29) is 15.8 Å². The van der Waals surface area contributed by atoms with Gasteiger partial charge in [-0.25, -0.2) is 14.5 Å². The number of rotatable bonds is 3. The van der Waals surface area contributed by atoms with Crippen LogP contribution < -0.4 is 5.32 Å². The Morgan fingerprint density at radius 3 is 2.41 bits per heavy atom. The van der Waals surface area contributed by atoms with Gasteiger partial charge >= 0.3 is 5.97 Å². The molecule has 2 heterocycles. The molecule has 22 heavy (non-hydrogen) atoms. The van der Waals surface area contributed by atoms with Gasteiger partial charge in [-0.1, -0.05) is 45.5 Å². The minimum absolute atomic E-state index is 0.0119. The molecule has 0 aliphatic carbocycles. The first-order chi connectivity index (χ1) is 10.0. The largest absolute Gasteiger partial charge is 0.478 e. The van der Waals surface area contributed by atoms with E-state index in [9.17, 15) is 4.79 Å². The van der Waals surface area contributed by atoms with Gasteiger partial charge in [0.15, 0.2) is 5.82 Å². The number of aromatic carboxylic acids is 1. The summed E-state index contributed by atoms with van der Waals surface area (Å²) in [6, 6.07) is 5.07. The van der Waals surface area contributed by atoms with Crippen molar-refractivity contribution in [3.63, 3.8) is 0 Å². The Hall–Kier alpha value is -1.66. The predicted molar refractivity (Wildman–Crippen MR) is 90.2 cm³/mol. The third kappa shape index (κ3) is 2.93. The van der Waals surface area contributed by atoms with Crippen LogP contribution in [-0.2, 0) is 0 Å². The summed E-state index contributed by atoms with van der Waals surface area (Å²) in [4.78, 5) is 15.1. The fourth-order valence-electron chi connectivity index (χ4n) is 1.88. The van der Waals surface area contributed by atoms with Crippen LogP contribution >= 0.6 is 11.6 Å². The van der Waals surface area contributed by atoms with Crippen molar-refractivity contribution < 1.29 is 9.90 Å². The second-order valence-electron chi connectivity index (χ2n) is 6.83. The van der Waals surface area contributed by atoms with E-state index in [1.54, 1.807) is 10.7 Å². The highest BCUT2D eigenvalue weighted by molar-refractivity contribution is 6.91. The number of nitrogens with zero attached hydrogens (tertiary/aromatic N) is 3. The molecule has 0 unspecified atom stereocenters. The molecule has 2 aromatic rings. The smallest absolute Gasteiger partial charge is 0.338 e. The summed E-state index contributed by atoms with van der Waals surface area (Å²) in [6.07, 6.45) is 1.84. The first kappa shape index (κ1) is 16.7. The topological polar surface area (TPSA) is 68.0 Å². The highest BCUT2D eigenvalue weighted by Crippen LogP contribution is 2.35. The molecule has 0 saturated heterocycles. The summed E-state index contributed by atoms with van der Waals surface area (Å²) in [6.45, 7) is 11.3. The Bertz CT molecular complexity index is 720. The van der Waals surface area contributed by atoms with E-state index in [1.807, 2.05) is 12.3 Å². The van der Waals surface area contributed by atoms with Crippen molar-refractivity contribution in [1.82, 2.24) is 14.8 Å². The van der Waals surface area contributed by atoms with Crippen LogP contribution in [0.5, 0.6) is 0 Å². The molecule has 5 nitrogen and oxygen atoms in total. The fourth-order valence-corrected chi connectivity index (χ4v) is 3.73.